The molecule has 1 aliphatic heterocycles. The van der Waals surface area contributed by atoms with Crippen LogP contribution in [0.2, 0.25) is 0 Å². The van der Waals surface area contributed by atoms with Gasteiger partial charge in [0.25, 0.3) is 11.7 Å². The SMILES string of the molecule is CCCCOc1cccc(/C(O)=C2\C(=O)C(=O)N(CCCn3ccnc3)C2c2ccc(O)c(OCC)c2)c1. The molecule has 0 saturated carbocycles. The number of aromatic nitrogens is 2. The van der Waals surface area contributed by atoms with Gasteiger partial charge in [0.05, 0.1) is 31.2 Å². The summed E-state index contributed by atoms with van der Waals surface area (Å²) in [4.78, 5) is 32.1. The second-order valence-corrected chi connectivity index (χ2v) is 9.04. The molecule has 1 aliphatic rings. The molecule has 0 bridgehead atoms. The highest BCUT2D eigenvalue weighted by molar-refractivity contribution is 6.46. The van der Waals surface area contributed by atoms with Crippen LogP contribution in [0.5, 0.6) is 17.2 Å². The third-order valence-corrected chi connectivity index (χ3v) is 6.39. The number of aromatic hydroxyl groups is 1. The van der Waals surface area contributed by atoms with Crippen LogP contribution in [0.1, 0.15) is 50.3 Å². The molecule has 1 amide bonds. The van der Waals surface area contributed by atoms with Gasteiger partial charge in [0, 0.05) is 31.0 Å². The molecule has 200 valence electrons. The lowest BCUT2D eigenvalue weighted by atomic mass is 9.95. The molecule has 0 radical (unpaired) electrons. The zero-order chi connectivity index (χ0) is 27.1. The zero-order valence-electron chi connectivity index (χ0n) is 21.7. The average Bonchev–Trinajstić information content (AvgIpc) is 3.52. The fourth-order valence-corrected chi connectivity index (χ4v) is 4.49. The van der Waals surface area contributed by atoms with Crippen LogP contribution in [0.3, 0.4) is 0 Å². The number of ketones is 1. The summed E-state index contributed by atoms with van der Waals surface area (Å²) < 4.78 is 13.2. The summed E-state index contributed by atoms with van der Waals surface area (Å²) in [6, 6.07) is 10.7. The van der Waals surface area contributed by atoms with E-state index in [1.807, 2.05) is 10.8 Å². The lowest BCUT2D eigenvalue weighted by Crippen LogP contribution is -2.31. The highest BCUT2D eigenvalue weighted by atomic mass is 16.5. The second kappa shape index (κ2) is 12.3. The second-order valence-electron chi connectivity index (χ2n) is 9.04. The standard InChI is InChI=1S/C29H33N3O6/c1-3-5-16-38-22-9-6-8-21(17-22)27(34)25-26(20-10-11-23(33)24(18-20)37-4-2)32(29(36)28(25)35)14-7-13-31-15-12-30-19-31/h6,8-12,15,17-19,26,33-34H,3-5,7,13-14,16H2,1-2H3/b27-25+. The number of nitrogens with zero attached hydrogens (tertiary/aromatic N) is 3. The minimum Gasteiger partial charge on any atom is -0.507 e. The van der Waals surface area contributed by atoms with E-state index < -0.39 is 17.7 Å². The molecule has 0 spiro atoms. The Morgan fingerprint density at radius 3 is 2.63 bits per heavy atom. The largest absolute Gasteiger partial charge is 0.507 e. The number of hydrogen-bond acceptors (Lipinski definition) is 7. The molecule has 38 heavy (non-hydrogen) atoms. The van der Waals surface area contributed by atoms with Crippen LogP contribution < -0.4 is 9.47 Å². The third kappa shape index (κ3) is 5.82. The van der Waals surface area contributed by atoms with Crippen LogP contribution >= 0.6 is 0 Å². The number of carbonyl (C=O) groups excluding carboxylic acids is 2. The molecule has 1 fully saturated rings. The van der Waals surface area contributed by atoms with Crippen molar-refractivity contribution in [3.8, 4) is 17.2 Å². The Hall–Kier alpha value is -4.27. The van der Waals surface area contributed by atoms with E-state index in [1.165, 1.54) is 11.0 Å². The summed E-state index contributed by atoms with van der Waals surface area (Å²) in [5, 5.41) is 21.6. The smallest absolute Gasteiger partial charge is 0.295 e. The summed E-state index contributed by atoms with van der Waals surface area (Å²) in [7, 11) is 0. The number of likely N-dealkylation sites (tertiary alicyclic amines) is 1. The number of ether oxygens (including phenoxy) is 2. The van der Waals surface area contributed by atoms with Crippen molar-refractivity contribution >= 4 is 17.4 Å². The molecule has 2 N–H and O–H groups in total. The number of Topliss-reactive ketones (excluding diaryl/α,β-unsaturated/α-hetero) is 1. The normalized spacial score (nSPS) is 16.7. The maximum absolute atomic E-state index is 13.3. The number of unbranched alkanes of at least 4 members (excludes halogenated alkanes) is 1. The van der Waals surface area contributed by atoms with Crippen LogP contribution in [0, 0.1) is 0 Å². The molecule has 1 aromatic heterocycles. The van der Waals surface area contributed by atoms with Crippen LogP contribution in [0.4, 0.5) is 0 Å². The Morgan fingerprint density at radius 2 is 1.89 bits per heavy atom. The molecule has 4 rings (SSSR count). The summed E-state index contributed by atoms with van der Waals surface area (Å²) in [6.07, 6.45) is 7.64. The highest BCUT2D eigenvalue weighted by Gasteiger charge is 2.46. The van der Waals surface area contributed by atoms with Crippen molar-refractivity contribution in [1.29, 1.82) is 0 Å². The molecular formula is C29H33N3O6. The van der Waals surface area contributed by atoms with Gasteiger partial charge < -0.3 is 29.2 Å². The summed E-state index contributed by atoms with van der Waals surface area (Å²) in [6.45, 7) is 5.61. The van der Waals surface area contributed by atoms with E-state index >= 15 is 0 Å². The quantitative estimate of drug-likeness (QED) is 0.155. The molecule has 3 aromatic rings. The number of amides is 1. The first-order valence-electron chi connectivity index (χ1n) is 12.9. The van der Waals surface area contributed by atoms with Gasteiger partial charge in [-0.2, -0.15) is 0 Å². The topological polar surface area (TPSA) is 114 Å². The zero-order valence-corrected chi connectivity index (χ0v) is 21.7. The van der Waals surface area contributed by atoms with Gasteiger partial charge in [-0.1, -0.05) is 31.5 Å². The number of aryl methyl sites for hydroxylation is 1. The Bertz CT molecular complexity index is 1300. The lowest BCUT2D eigenvalue weighted by molar-refractivity contribution is -0.139. The van der Waals surface area contributed by atoms with Crippen LogP contribution in [-0.4, -0.2) is 56.1 Å². The van der Waals surface area contributed by atoms with Crippen LogP contribution in [0.15, 0.2) is 66.8 Å². The van der Waals surface area contributed by atoms with Crippen molar-refractivity contribution in [2.24, 2.45) is 0 Å². The first kappa shape index (κ1) is 26.8. The number of carbonyl (C=O) groups is 2. The van der Waals surface area contributed by atoms with Gasteiger partial charge >= 0.3 is 0 Å². The molecule has 0 aliphatic carbocycles. The minimum absolute atomic E-state index is 0.0172. The third-order valence-electron chi connectivity index (χ3n) is 6.39. The maximum Gasteiger partial charge on any atom is 0.295 e. The van der Waals surface area contributed by atoms with E-state index in [1.54, 1.807) is 55.8 Å². The van der Waals surface area contributed by atoms with Gasteiger partial charge in [-0.05, 0) is 49.6 Å². The van der Waals surface area contributed by atoms with Gasteiger partial charge in [-0.25, -0.2) is 4.98 Å². The Labute approximate surface area is 221 Å². The highest BCUT2D eigenvalue weighted by Crippen LogP contribution is 2.42. The van der Waals surface area contributed by atoms with E-state index in [2.05, 4.69) is 11.9 Å². The van der Waals surface area contributed by atoms with E-state index in [4.69, 9.17) is 9.47 Å². The fourth-order valence-electron chi connectivity index (χ4n) is 4.49. The number of aliphatic hydroxyl groups excluding tert-OH is 1. The fraction of sp³-hybridized carbons (Fsp3) is 0.345. The molecule has 9 nitrogen and oxygen atoms in total. The Kier molecular flexibility index (Phi) is 8.68. The number of phenols is 1. The average molecular weight is 520 g/mol. The molecule has 1 saturated heterocycles. The maximum atomic E-state index is 13.3. The predicted molar refractivity (Wildman–Crippen MR) is 142 cm³/mol. The van der Waals surface area contributed by atoms with Gasteiger partial charge in [0.15, 0.2) is 11.5 Å². The first-order valence-corrected chi connectivity index (χ1v) is 12.9. The Balaban J connectivity index is 1.73. The summed E-state index contributed by atoms with van der Waals surface area (Å²) in [5.74, 6) is -0.985. The first-order chi connectivity index (χ1) is 18.4. The predicted octanol–water partition coefficient (Wildman–Crippen LogP) is 4.68. The number of hydrogen-bond donors (Lipinski definition) is 2. The molecule has 2 aromatic carbocycles. The van der Waals surface area contributed by atoms with Crippen LogP contribution in [-0.2, 0) is 16.1 Å². The van der Waals surface area contributed by atoms with Crippen molar-refractivity contribution in [1.82, 2.24) is 14.5 Å². The Morgan fingerprint density at radius 1 is 1.05 bits per heavy atom. The van der Waals surface area contributed by atoms with Gasteiger partial charge in [0.1, 0.15) is 11.5 Å². The van der Waals surface area contributed by atoms with E-state index in [9.17, 15) is 19.8 Å². The number of imidazole rings is 1. The molecule has 1 unspecified atom stereocenters. The lowest BCUT2D eigenvalue weighted by Gasteiger charge is -2.26. The van der Waals surface area contributed by atoms with Crippen molar-refractivity contribution in [2.45, 2.75) is 45.7 Å². The number of aliphatic hydroxyl groups is 1. The summed E-state index contributed by atoms with van der Waals surface area (Å²) >= 11 is 0. The molecule has 9 heteroatoms. The number of rotatable bonds is 12. The number of phenolic OH excluding ortho intramolecular Hbond substituents is 1. The van der Waals surface area contributed by atoms with Crippen LogP contribution in [0.25, 0.3) is 5.76 Å². The minimum atomic E-state index is -0.859. The van der Waals surface area contributed by atoms with E-state index in [-0.39, 0.29) is 29.4 Å². The number of benzene rings is 2. The molecular weight excluding hydrogens is 486 g/mol. The van der Waals surface area contributed by atoms with E-state index in [0.717, 1.165) is 12.8 Å². The van der Waals surface area contributed by atoms with Gasteiger partial charge in [-0.15, -0.1) is 0 Å². The summed E-state index contributed by atoms with van der Waals surface area (Å²) in [5.41, 5.74) is 0.908. The van der Waals surface area contributed by atoms with Crippen molar-refractivity contribution in [2.75, 3.05) is 19.8 Å². The molecule has 2 heterocycles. The molecule has 1 atom stereocenters. The van der Waals surface area contributed by atoms with Crippen molar-refractivity contribution in [3.05, 3.63) is 77.9 Å². The van der Waals surface area contributed by atoms with E-state index in [0.29, 0.717) is 43.1 Å². The van der Waals surface area contributed by atoms with Crippen molar-refractivity contribution in [3.63, 3.8) is 0 Å². The van der Waals surface area contributed by atoms with Gasteiger partial charge in [-0.3, -0.25) is 9.59 Å². The van der Waals surface area contributed by atoms with Crippen molar-refractivity contribution < 1.29 is 29.3 Å². The van der Waals surface area contributed by atoms with Gasteiger partial charge in [0.2, 0.25) is 0 Å². The monoisotopic (exact) mass is 519 g/mol.